The minimum Gasteiger partial charge on any atom is -0.439 e. The summed E-state index contributed by atoms with van der Waals surface area (Å²) in [6.07, 6.45) is 4.13. The van der Waals surface area contributed by atoms with E-state index in [4.69, 9.17) is 4.74 Å². The summed E-state index contributed by atoms with van der Waals surface area (Å²) in [5.74, 6) is 0.340. The number of amides is 1. The molecule has 1 N–H and O–H groups in total. The largest absolute Gasteiger partial charge is 0.439 e. The van der Waals surface area contributed by atoms with Crippen molar-refractivity contribution < 1.29 is 14.5 Å². The Hall–Kier alpha value is -4.14. The van der Waals surface area contributed by atoms with Crippen LogP contribution >= 0.6 is 0 Å². The maximum Gasteiger partial charge on any atom is 0.289 e. The lowest BCUT2D eigenvalue weighted by Crippen LogP contribution is -2.18. The van der Waals surface area contributed by atoms with Gasteiger partial charge in [0.1, 0.15) is 17.6 Å². The molecule has 2 heterocycles. The van der Waals surface area contributed by atoms with E-state index in [0.717, 1.165) is 11.8 Å². The summed E-state index contributed by atoms with van der Waals surface area (Å²) >= 11 is 0. The zero-order chi connectivity index (χ0) is 19.1. The van der Waals surface area contributed by atoms with Crippen molar-refractivity contribution in [1.29, 1.82) is 0 Å². The van der Waals surface area contributed by atoms with Crippen LogP contribution in [0.4, 0.5) is 5.69 Å². The Morgan fingerprint density at radius 1 is 1.11 bits per heavy atom. The van der Waals surface area contributed by atoms with Crippen LogP contribution < -0.4 is 10.2 Å². The molecule has 0 atom stereocenters. The summed E-state index contributed by atoms with van der Waals surface area (Å²) in [4.78, 5) is 29.7. The minimum absolute atomic E-state index is 0.110. The van der Waals surface area contributed by atoms with Crippen molar-refractivity contribution >= 4 is 17.8 Å². The van der Waals surface area contributed by atoms with Crippen molar-refractivity contribution in [2.45, 2.75) is 0 Å². The van der Waals surface area contributed by atoms with E-state index in [1.54, 1.807) is 42.5 Å². The molecule has 2 aromatic heterocycles. The Bertz CT molecular complexity index is 957. The van der Waals surface area contributed by atoms with Gasteiger partial charge < -0.3 is 4.74 Å². The third-order valence-electron chi connectivity index (χ3n) is 3.31. The molecule has 0 spiro atoms. The number of hydrazone groups is 1. The van der Waals surface area contributed by atoms with Crippen LogP contribution in [-0.4, -0.2) is 27.0 Å². The fraction of sp³-hybridized carbons (Fsp3) is 0. The topological polar surface area (TPSA) is 120 Å². The number of hydrogen-bond acceptors (Lipinski definition) is 7. The van der Waals surface area contributed by atoms with Gasteiger partial charge in [-0.05, 0) is 42.0 Å². The predicted octanol–water partition coefficient (Wildman–Crippen LogP) is 2.94. The van der Waals surface area contributed by atoms with Crippen molar-refractivity contribution in [1.82, 2.24) is 15.4 Å². The molecule has 9 nitrogen and oxygen atoms in total. The first-order chi connectivity index (χ1) is 13.1. The Balaban J connectivity index is 1.56. The average molecular weight is 363 g/mol. The van der Waals surface area contributed by atoms with Crippen LogP contribution in [0.5, 0.6) is 11.6 Å². The van der Waals surface area contributed by atoms with E-state index in [0.29, 0.717) is 5.75 Å². The second-order valence-corrected chi connectivity index (χ2v) is 5.20. The lowest BCUT2D eigenvalue weighted by Gasteiger charge is -2.04. The van der Waals surface area contributed by atoms with Crippen molar-refractivity contribution in [3.05, 3.63) is 88.4 Å². The predicted molar refractivity (Wildman–Crippen MR) is 96.7 cm³/mol. The quantitative estimate of drug-likeness (QED) is 0.408. The molecule has 1 amide bonds. The SMILES string of the molecule is O=C(NN=Cc1ccc(Oc2ccc([N+](=O)[O-])cn2)cc1)c1ccccn1. The van der Waals surface area contributed by atoms with Gasteiger partial charge in [-0.2, -0.15) is 5.10 Å². The normalized spacial score (nSPS) is 10.5. The maximum absolute atomic E-state index is 11.8. The van der Waals surface area contributed by atoms with Gasteiger partial charge >= 0.3 is 0 Å². The molecule has 0 radical (unpaired) electrons. The summed E-state index contributed by atoms with van der Waals surface area (Å²) in [7, 11) is 0. The highest BCUT2D eigenvalue weighted by Gasteiger charge is 2.06. The summed E-state index contributed by atoms with van der Waals surface area (Å²) in [5, 5.41) is 14.5. The van der Waals surface area contributed by atoms with E-state index in [1.807, 2.05) is 0 Å². The number of nitrogens with one attached hydrogen (secondary N) is 1. The first-order valence-electron chi connectivity index (χ1n) is 7.74. The van der Waals surface area contributed by atoms with Gasteiger partial charge in [-0.25, -0.2) is 10.4 Å². The van der Waals surface area contributed by atoms with Crippen molar-refractivity contribution in [3.8, 4) is 11.6 Å². The molecule has 3 rings (SSSR count). The van der Waals surface area contributed by atoms with Crippen LogP contribution in [0.3, 0.4) is 0 Å². The van der Waals surface area contributed by atoms with Crippen LogP contribution in [0.25, 0.3) is 0 Å². The molecule has 9 heteroatoms. The monoisotopic (exact) mass is 363 g/mol. The summed E-state index contributed by atoms with van der Waals surface area (Å²) in [6.45, 7) is 0. The van der Waals surface area contributed by atoms with Gasteiger partial charge in [-0.3, -0.25) is 19.9 Å². The average Bonchev–Trinajstić information content (AvgIpc) is 2.70. The number of nitrogens with zero attached hydrogens (tertiary/aromatic N) is 4. The van der Waals surface area contributed by atoms with E-state index in [9.17, 15) is 14.9 Å². The molecule has 3 aromatic rings. The van der Waals surface area contributed by atoms with Crippen molar-refractivity contribution in [3.63, 3.8) is 0 Å². The Morgan fingerprint density at radius 3 is 2.56 bits per heavy atom. The number of aromatic nitrogens is 2. The number of rotatable bonds is 6. The Morgan fingerprint density at radius 2 is 1.93 bits per heavy atom. The molecule has 0 aliphatic carbocycles. The summed E-state index contributed by atoms with van der Waals surface area (Å²) in [6, 6.07) is 14.6. The molecule has 0 saturated carbocycles. The molecule has 0 fully saturated rings. The molecule has 0 aliphatic heterocycles. The second-order valence-electron chi connectivity index (χ2n) is 5.20. The van der Waals surface area contributed by atoms with Gasteiger partial charge in [-0.15, -0.1) is 0 Å². The van der Waals surface area contributed by atoms with Crippen LogP contribution in [0.1, 0.15) is 16.1 Å². The van der Waals surface area contributed by atoms with Crippen LogP contribution in [0.15, 0.2) is 72.1 Å². The van der Waals surface area contributed by atoms with Gasteiger partial charge in [0.15, 0.2) is 0 Å². The number of carbonyl (C=O) groups excluding carboxylic acids is 1. The third-order valence-corrected chi connectivity index (χ3v) is 3.31. The Labute approximate surface area is 153 Å². The zero-order valence-electron chi connectivity index (χ0n) is 13.9. The van der Waals surface area contributed by atoms with Gasteiger partial charge in [0.05, 0.1) is 11.1 Å². The van der Waals surface area contributed by atoms with Gasteiger partial charge in [-0.1, -0.05) is 6.07 Å². The maximum atomic E-state index is 11.8. The molecule has 1 aromatic carbocycles. The highest BCUT2D eigenvalue weighted by atomic mass is 16.6. The number of pyridine rings is 2. The lowest BCUT2D eigenvalue weighted by atomic mass is 10.2. The third kappa shape index (κ3) is 4.92. The smallest absolute Gasteiger partial charge is 0.289 e. The lowest BCUT2D eigenvalue weighted by molar-refractivity contribution is -0.385. The highest BCUT2D eigenvalue weighted by molar-refractivity contribution is 5.93. The summed E-state index contributed by atoms with van der Waals surface area (Å²) < 4.78 is 5.51. The zero-order valence-corrected chi connectivity index (χ0v) is 13.9. The van der Waals surface area contributed by atoms with Crippen molar-refractivity contribution in [2.75, 3.05) is 0 Å². The van der Waals surface area contributed by atoms with Gasteiger partial charge in [0.2, 0.25) is 5.88 Å². The van der Waals surface area contributed by atoms with Crippen molar-refractivity contribution in [2.24, 2.45) is 5.10 Å². The number of nitro groups is 1. The van der Waals surface area contributed by atoms with E-state index < -0.39 is 10.8 Å². The molecule has 0 saturated heterocycles. The summed E-state index contributed by atoms with van der Waals surface area (Å²) in [5.41, 5.74) is 3.29. The van der Waals surface area contributed by atoms with E-state index in [2.05, 4.69) is 20.5 Å². The first kappa shape index (κ1) is 17.7. The van der Waals surface area contributed by atoms with Crippen LogP contribution in [-0.2, 0) is 0 Å². The van der Waals surface area contributed by atoms with Crippen LogP contribution in [0, 0.1) is 10.1 Å². The number of ether oxygens (including phenoxy) is 1. The molecule has 134 valence electrons. The second kappa shape index (κ2) is 8.30. The van der Waals surface area contributed by atoms with E-state index in [1.165, 1.54) is 24.5 Å². The molecule has 27 heavy (non-hydrogen) atoms. The van der Waals surface area contributed by atoms with Gasteiger partial charge in [0, 0.05) is 18.3 Å². The molecular formula is C18H13N5O4. The fourth-order valence-electron chi connectivity index (χ4n) is 2.00. The number of benzene rings is 1. The Kier molecular flexibility index (Phi) is 5.43. The first-order valence-corrected chi connectivity index (χ1v) is 7.74. The van der Waals surface area contributed by atoms with E-state index in [-0.39, 0.29) is 17.3 Å². The molecular weight excluding hydrogens is 350 g/mol. The molecule has 0 unspecified atom stereocenters. The van der Waals surface area contributed by atoms with E-state index >= 15 is 0 Å². The van der Waals surface area contributed by atoms with Crippen LogP contribution in [0.2, 0.25) is 0 Å². The minimum atomic E-state index is -0.530. The number of carbonyl (C=O) groups is 1. The molecule has 0 aliphatic rings. The standard InChI is InChI=1S/C18H13N5O4/c24-18(16-3-1-2-10-19-16)22-21-11-13-4-7-15(8-5-13)27-17-9-6-14(12-20-17)23(25)26/h1-12H,(H,22,24). The highest BCUT2D eigenvalue weighted by Crippen LogP contribution is 2.21. The molecule has 0 bridgehead atoms. The fourth-order valence-corrected chi connectivity index (χ4v) is 2.00. The van der Waals surface area contributed by atoms with Gasteiger partial charge in [0.25, 0.3) is 11.6 Å². The number of hydrogen-bond donors (Lipinski definition) is 1.